The number of fused-ring (bicyclic) bond motifs is 1. The maximum absolute atomic E-state index is 13.5. The minimum absolute atomic E-state index is 0.00158. The smallest absolute Gasteiger partial charge is 0.264 e. The molecule has 1 fully saturated rings. The van der Waals surface area contributed by atoms with Gasteiger partial charge in [-0.1, -0.05) is 84.6 Å². The Bertz CT molecular complexity index is 1830. The molecular formula is C31H30N4O5S3. The van der Waals surface area contributed by atoms with E-state index in [1.165, 1.54) is 0 Å². The summed E-state index contributed by atoms with van der Waals surface area (Å²) in [6.07, 6.45) is 0.340. The second kappa shape index (κ2) is 12.7. The number of rotatable bonds is 9. The lowest BCUT2D eigenvalue weighted by Crippen LogP contribution is -2.38. The van der Waals surface area contributed by atoms with Crippen molar-refractivity contribution in [2.45, 2.75) is 48.2 Å². The molecule has 0 radical (unpaired) electrons. The van der Waals surface area contributed by atoms with Crippen molar-refractivity contribution in [3.63, 3.8) is 0 Å². The van der Waals surface area contributed by atoms with Gasteiger partial charge in [0.1, 0.15) is 9.90 Å². The van der Waals surface area contributed by atoms with Crippen molar-refractivity contribution in [1.29, 1.82) is 0 Å². The molecule has 3 aromatic carbocycles. The van der Waals surface area contributed by atoms with Crippen molar-refractivity contribution in [2.75, 3.05) is 10.5 Å². The molecule has 9 nitrogen and oxygen atoms in total. The average Bonchev–Trinajstić information content (AvgIpc) is 3.45. The normalized spacial score (nSPS) is 20.7. The van der Waals surface area contributed by atoms with E-state index in [-0.39, 0.29) is 29.6 Å². The maximum Gasteiger partial charge on any atom is 0.264 e. The lowest BCUT2D eigenvalue weighted by Gasteiger charge is -2.41. The van der Waals surface area contributed by atoms with E-state index in [1.54, 1.807) is 65.7 Å². The highest BCUT2D eigenvalue weighted by molar-refractivity contribution is 8.01. The predicted molar refractivity (Wildman–Crippen MR) is 167 cm³/mol. The third kappa shape index (κ3) is 6.59. The van der Waals surface area contributed by atoms with Gasteiger partial charge in [0.25, 0.3) is 10.0 Å². The minimum Gasteiger partial charge on any atom is -0.392 e. The van der Waals surface area contributed by atoms with Gasteiger partial charge in [-0.15, -0.1) is 10.2 Å². The number of anilines is 1. The zero-order valence-electron chi connectivity index (χ0n) is 23.5. The van der Waals surface area contributed by atoms with Crippen LogP contribution in [0.1, 0.15) is 41.0 Å². The number of thioether (sulfide) groups is 1. The molecule has 1 saturated heterocycles. The summed E-state index contributed by atoms with van der Waals surface area (Å²) in [7, 11) is -3.93. The van der Waals surface area contributed by atoms with Crippen LogP contribution < -0.4 is 4.72 Å². The molecule has 1 aliphatic rings. The van der Waals surface area contributed by atoms with Gasteiger partial charge >= 0.3 is 0 Å². The lowest BCUT2D eigenvalue weighted by molar-refractivity contribution is -0.268. The van der Waals surface area contributed by atoms with Gasteiger partial charge in [-0.2, -0.15) is 0 Å². The molecular weight excluding hydrogens is 605 g/mol. The Hall–Kier alpha value is -3.39. The van der Waals surface area contributed by atoms with Crippen molar-refractivity contribution < 1.29 is 23.0 Å². The van der Waals surface area contributed by atoms with Crippen LogP contribution in [0.4, 0.5) is 5.69 Å². The number of sulfonamides is 1. The second-order valence-electron chi connectivity index (χ2n) is 10.3. The molecule has 222 valence electrons. The molecule has 0 saturated carbocycles. The zero-order valence-corrected chi connectivity index (χ0v) is 25.9. The number of nitrogens with one attached hydrogen (secondary N) is 1. The van der Waals surface area contributed by atoms with Gasteiger partial charge < -0.3 is 14.6 Å². The molecule has 2 N–H and O–H groups in total. The van der Waals surface area contributed by atoms with Gasteiger partial charge in [0, 0.05) is 34.5 Å². The number of aliphatic hydroxyl groups is 1. The molecule has 3 heterocycles. The van der Waals surface area contributed by atoms with Crippen molar-refractivity contribution in [3.05, 3.63) is 107 Å². The first-order chi connectivity index (χ1) is 20.8. The largest absolute Gasteiger partial charge is 0.392 e. The molecule has 6 rings (SSSR count). The number of aromatic nitrogens is 3. The van der Waals surface area contributed by atoms with Crippen molar-refractivity contribution in [2.24, 2.45) is 5.92 Å². The molecule has 1 aliphatic heterocycles. The summed E-state index contributed by atoms with van der Waals surface area (Å²) in [6.45, 7) is 3.99. The van der Waals surface area contributed by atoms with Gasteiger partial charge in [-0.3, -0.25) is 9.71 Å². The van der Waals surface area contributed by atoms with E-state index in [2.05, 4.69) is 26.8 Å². The third-order valence-electron chi connectivity index (χ3n) is 7.30. The minimum atomic E-state index is -3.93. The highest BCUT2D eigenvalue weighted by Crippen LogP contribution is 2.43. The number of pyridine rings is 1. The van der Waals surface area contributed by atoms with Gasteiger partial charge in [0.05, 0.1) is 24.3 Å². The summed E-state index contributed by atoms with van der Waals surface area (Å²) in [4.78, 5) is 4.40. The first kappa shape index (κ1) is 29.7. The van der Waals surface area contributed by atoms with Gasteiger partial charge in [0.2, 0.25) is 0 Å². The summed E-state index contributed by atoms with van der Waals surface area (Å²) in [5.41, 5.74) is 3.26. The Balaban J connectivity index is 1.28. The van der Waals surface area contributed by atoms with Crippen LogP contribution in [0, 0.1) is 12.8 Å². The van der Waals surface area contributed by atoms with Crippen LogP contribution in [0.3, 0.4) is 0 Å². The fourth-order valence-electron chi connectivity index (χ4n) is 5.05. The first-order valence-electron chi connectivity index (χ1n) is 13.7. The molecule has 0 spiro atoms. The number of aliphatic hydroxyl groups excluding tert-OH is 1. The van der Waals surface area contributed by atoms with Crippen molar-refractivity contribution >= 4 is 49.7 Å². The number of nitrogens with zero attached hydrogens (tertiary/aromatic N) is 3. The van der Waals surface area contributed by atoms with Gasteiger partial charge in [-0.05, 0) is 42.3 Å². The highest BCUT2D eigenvalue weighted by atomic mass is 32.2. The van der Waals surface area contributed by atoms with E-state index in [9.17, 15) is 13.5 Å². The van der Waals surface area contributed by atoms with Gasteiger partial charge in [0.15, 0.2) is 10.6 Å². The fourth-order valence-corrected chi connectivity index (χ4v) is 8.29. The van der Waals surface area contributed by atoms with Crippen molar-refractivity contribution in [1.82, 2.24) is 15.2 Å². The van der Waals surface area contributed by atoms with Crippen molar-refractivity contribution in [3.8, 4) is 0 Å². The Labute approximate surface area is 258 Å². The van der Waals surface area contributed by atoms with Crippen LogP contribution in [-0.4, -0.2) is 40.6 Å². The highest BCUT2D eigenvalue weighted by Gasteiger charge is 2.38. The molecule has 0 amide bonds. The maximum atomic E-state index is 13.5. The summed E-state index contributed by atoms with van der Waals surface area (Å²) < 4.78 is 43.6. The number of ether oxygens (including phenoxy) is 2. The zero-order chi connectivity index (χ0) is 30.0. The molecule has 4 atom stereocenters. The Morgan fingerprint density at radius 3 is 2.53 bits per heavy atom. The predicted octanol–water partition coefficient (Wildman–Crippen LogP) is 6.27. The van der Waals surface area contributed by atoms with E-state index in [0.29, 0.717) is 22.5 Å². The Morgan fingerprint density at radius 2 is 1.77 bits per heavy atom. The molecule has 2 aromatic heterocycles. The van der Waals surface area contributed by atoms with Crippen LogP contribution >= 0.6 is 23.1 Å². The fraction of sp³-hybridized carbons (Fsp3) is 0.258. The number of hydrogen-bond donors (Lipinski definition) is 2. The summed E-state index contributed by atoms with van der Waals surface area (Å²) in [5, 5.41) is 19.5. The van der Waals surface area contributed by atoms with Crippen LogP contribution in [0.2, 0.25) is 0 Å². The van der Waals surface area contributed by atoms with Gasteiger partial charge in [-0.25, -0.2) is 8.42 Å². The number of benzene rings is 3. The van der Waals surface area contributed by atoms with E-state index < -0.39 is 16.3 Å². The SMILES string of the molecule is Cc1nnc(SC[C@H]2OC(c3cccc(NS(=O)(=O)c4cccc5cccnc45)c3)O[C@@H](c3ccc(CO)cc3)[C@H]2C)s1. The van der Waals surface area contributed by atoms with E-state index >= 15 is 0 Å². The quantitative estimate of drug-likeness (QED) is 0.181. The molecule has 5 aromatic rings. The summed E-state index contributed by atoms with van der Waals surface area (Å²) in [6, 6.07) is 23.5. The standard InChI is InChI=1S/C31H30N4O5S3/c1-19-26(18-41-31-34-33-20(2)42-31)39-30(40-29(19)23-13-11-21(17-36)12-14-23)24-7-3-9-25(16-24)35-43(37,38)27-10-4-6-22-8-5-15-32-28(22)27/h3-16,19,26,29-30,35-36H,17-18H2,1-2H3/t19-,26+,29+,30?/m0/s1. The van der Waals surface area contributed by atoms with E-state index in [1.807, 2.05) is 49.4 Å². The molecule has 12 heteroatoms. The Morgan fingerprint density at radius 1 is 0.977 bits per heavy atom. The van der Waals surface area contributed by atoms with E-state index in [0.717, 1.165) is 25.9 Å². The monoisotopic (exact) mass is 634 g/mol. The second-order valence-corrected chi connectivity index (χ2v) is 14.4. The molecule has 0 aliphatic carbocycles. The molecule has 43 heavy (non-hydrogen) atoms. The van der Waals surface area contributed by atoms with Crippen LogP contribution in [0.15, 0.2) is 94.3 Å². The number of hydrogen-bond acceptors (Lipinski definition) is 10. The van der Waals surface area contributed by atoms with Crippen LogP contribution in [0.25, 0.3) is 10.9 Å². The summed E-state index contributed by atoms with van der Waals surface area (Å²) >= 11 is 3.14. The van der Waals surface area contributed by atoms with Crippen LogP contribution in [0.5, 0.6) is 0 Å². The lowest BCUT2D eigenvalue weighted by atomic mass is 9.91. The topological polar surface area (TPSA) is 124 Å². The number of para-hydroxylation sites is 1. The Kier molecular flexibility index (Phi) is 8.75. The average molecular weight is 635 g/mol. The van der Waals surface area contributed by atoms with E-state index in [4.69, 9.17) is 9.47 Å². The molecule has 0 bridgehead atoms. The summed E-state index contributed by atoms with van der Waals surface area (Å²) in [5.74, 6) is 0.639. The molecule has 1 unspecified atom stereocenters. The first-order valence-corrected chi connectivity index (χ1v) is 17.0. The van der Waals surface area contributed by atoms with Crippen LogP contribution in [-0.2, 0) is 26.1 Å². The third-order valence-corrected chi connectivity index (χ3v) is 10.8. The number of aryl methyl sites for hydroxylation is 1.